The summed E-state index contributed by atoms with van der Waals surface area (Å²) in [6.07, 6.45) is 4.41. The van der Waals surface area contributed by atoms with Crippen LogP contribution in [-0.4, -0.2) is 34.3 Å². The van der Waals surface area contributed by atoms with Gasteiger partial charge in [-0.2, -0.15) is 0 Å². The smallest absolute Gasteiger partial charge is 0.254 e. The fourth-order valence-corrected chi connectivity index (χ4v) is 3.71. The highest BCUT2D eigenvalue weighted by atomic mass is 32.1. The zero-order valence-corrected chi connectivity index (χ0v) is 14.5. The van der Waals surface area contributed by atoms with Crippen LogP contribution in [0.2, 0.25) is 0 Å². The molecule has 6 heteroatoms. The fraction of sp³-hybridized carbons (Fsp3) is 0.389. The molecule has 0 radical (unpaired) electrons. The number of aryl methyl sites for hydroxylation is 1. The van der Waals surface area contributed by atoms with Crippen LogP contribution in [0.5, 0.6) is 0 Å². The molecule has 1 aromatic heterocycles. The number of aromatic nitrogens is 1. The van der Waals surface area contributed by atoms with Crippen molar-refractivity contribution < 1.29 is 9.59 Å². The third kappa shape index (κ3) is 3.82. The summed E-state index contributed by atoms with van der Waals surface area (Å²) in [6, 6.07) is 8.78. The Morgan fingerprint density at radius 1 is 1.29 bits per heavy atom. The minimum Gasteiger partial charge on any atom is -0.349 e. The van der Waals surface area contributed by atoms with E-state index in [1.165, 1.54) is 0 Å². The maximum absolute atomic E-state index is 12.7. The highest BCUT2D eigenvalue weighted by molar-refractivity contribution is 7.11. The van der Waals surface area contributed by atoms with Crippen LogP contribution in [0.4, 0.5) is 0 Å². The molecule has 2 amide bonds. The summed E-state index contributed by atoms with van der Waals surface area (Å²) in [6.45, 7) is 3.04. The Morgan fingerprint density at radius 2 is 2.08 bits per heavy atom. The monoisotopic (exact) mass is 343 g/mol. The Hall–Kier alpha value is -2.21. The van der Waals surface area contributed by atoms with Crippen molar-refractivity contribution >= 4 is 23.2 Å². The van der Waals surface area contributed by atoms with E-state index in [-0.39, 0.29) is 17.9 Å². The van der Waals surface area contributed by atoms with Gasteiger partial charge in [0.05, 0.1) is 11.6 Å². The molecule has 1 aliphatic heterocycles. The van der Waals surface area contributed by atoms with Crippen LogP contribution in [0.15, 0.2) is 36.5 Å². The number of thiazole rings is 1. The maximum atomic E-state index is 12.7. The lowest BCUT2D eigenvalue weighted by molar-refractivity contribution is -0.126. The molecule has 1 aromatic carbocycles. The van der Waals surface area contributed by atoms with Gasteiger partial charge in [-0.05, 0) is 38.3 Å². The molecule has 0 unspecified atom stereocenters. The molecule has 1 aliphatic rings. The van der Waals surface area contributed by atoms with Gasteiger partial charge in [-0.15, -0.1) is 11.3 Å². The Kier molecular flexibility index (Phi) is 5.25. The summed E-state index contributed by atoms with van der Waals surface area (Å²) in [7, 11) is 0. The van der Waals surface area contributed by atoms with Crippen LogP contribution in [0, 0.1) is 6.92 Å². The van der Waals surface area contributed by atoms with Crippen LogP contribution < -0.4 is 5.32 Å². The molecule has 0 aliphatic carbocycles. The second-order valence-electron chi connectivity index (χ2n) is 5.94. The van der Waals surface area contributed by atoms with Crippen molar-refractivity contribution in [3.05, 3.63) is 52.0 Å². The van der Waals surface area contributed by atoms with Crippen LogP contribution >= 0.6 is 11.3 Å². The summed E-state index contributed by atoms with van der Waals surface area (Å²) in [5.74, 6) is -0.144. The molecule has 1 N–H and O–H groups in total. The molecule has 0 saturated carbocycles. The van der Waals surface area contributed by atoms with Gasteiger partial charge in [-0.1, -0.05) is 18.2 Å². The largest absolute Gasteiger partial charge is 0.349 e. The number of rotatable bonds is 4. The molecule has 0 spiro atoms. The number of nitrogens with one attached hydrogen (secondary N) is 1. The first-order chi connectivity index (χ1) is 11.6. The third-order valence-corrected chi connectivity index (χ3v) is 5.11. The molecular formula is C18H21N3O2S. The summed E-state index contributed by atoms with van der Waals surface area (Å²) in [5.41, 5.74) is 0.635. The minimum atomic E-state index is -0.388. The van der Waals surface area contributed by atoms with E-state index in [9.17, 15) is 9.59 Å². The maximum Gasteiger partial charge on any atom is 0.254 e. The van der Waals surface area contributed by atoms with Crippen LogP contribution in [0.1, 0.15) is 39.5 Å². The van der Waals surface area contributed by atoms with Gasteiger partial charge in [-0.25, -0.2) is 4.98 Å². The minimum absolute atomic E-state index is 0.0657. The Morgan fingerprint density at radius 3 is 2.79 bits per heavy atom. The van der Waals surface area contributed by atoms with E-state index in [1.54, 1.807) is 34.6 Å². The zero-order chi connectivity index (χ0) is 16.9. The van der Waals surface area contributed by atoms with E-state index in [2.05, 4.69) is 10.3 Å². The second-order valence-corrected chi connectivity index (χ2v) is 7.26. The number of benzene rings is 1. The Balaban J connectivity index is 1.67. The molecule has 24 heavy (non-hydrogen) atoms. The normalized spacial score (nSPS) is 17.5. The van der Waals surface area contributed by atoms with E-state index < -0.39 is 0 Å². The topological polar surface area (TPSA) is 62.3 Å². The summed E-state index contributed by atoms with van der Waals surface area (Å²) in [4.78, 5) is 32.3. The predicted octanol–water partition coefficient (Wildman–Crippen LogP) is 2.76. The SMILES string of the molecule is Cc1ncc(CNC(=O)[C@H]2CCCCN2C(=O)c2ccccc2)s1. The lowest BCUT2D eigenvalue weighted by Crippen LogP contribution is -2.51. The number of hydrogen-bond donors (Lipinski definition) is 1. The molecular weight excluding hydrogens is 322 g/mol. The number of likely N-dealkylation sites (tertiary alicyclic amines) is 1. The number of amides is 2. The van der Waals surface area contributed by atoms with Gasteiger partial charge in [0.2, 0.25) is 5.91 Å². The van der Waals surface area contributed by atoms with E-state index in [4.69, 9.17) is 0 Å². The molecule has 1 atom stereocenters. The zero-order valence-electron chi connectivity index (χ0n) is 13.7. The van der Waals surface area contributed by atoms with Gasteiger partial charge in [0.1, 0.15) is 6.04 Å². The first-order valence-electron chi connectivity index (χ1n) is 8.20. The standard InChI is InChI=1S/C18H21N3O2S/c1-13-19-11-15(24-13)12-20-17(22)16-9-5-6-10-21(16)18(23)14-7-3-2-4-8-14/h2-4,7-8,11,16H,5-6,9-10,12H2,1H3,(H,20,22)/t16-/m1/s1. The van der Waals surface area contributed by atoms with Crippen LogP contribution in [0.3, 0.4) is 0 Å². The molecule has 2 heterocycles. The van der Waals surface area contributed by atoms with Gasteiger partial charge in [0.25, 0.3) is 5.91 Å². The highest BCUT2D eigenvalue weighted by Gasteiger charge is 2.32. The van der Waals surface area contributed by atoms with E-state index in [0.717, 1.165) is 22.7 Å². The number of carbonyl (C=O) groups excluding carboxylic acids is 2. The van der Waals surface area contributed by atoms with Crippen molar-refractivity contribution in [3.8, 4) is 0 Å². The Bertz CT molecular complexity index is 714. The van der Waals surface area contributed by atoms with E-state index >= 15 is 0 Å². The molecule has 1 fully saturated rings. The van der Waals surface area contributed by atoms with Crippen molar-refractivity contribution in [1.82, 2.24) is 15.2 Å². The van der Waals surface area contributed by atoms with E-state index in [0.29, 0.717) is 25.1 Å². The van der Waals surface area contributed by atoms with Gasteiger partial charge < -0.3 is 10.2 Å². The van der Waals surface area contributed by atoms with Crippen molar-refractivity contribution in [2.45, 2.75) is 38.8 Å². The summed E-state index contributed by atoms with van der Waals surface area (Å²) >= 11 is 1.57. The highest BCUT2D eigenvalue weighted by Crippen LogP contribution is 2.20. The average molecular weight is 343 g/mol. The second kappa shape index (κ2) is 7.57. The molecule has 0 bridgehead atoms. The number of nitrogens with zero attached hydrogens (tertiary/aromatic N) is 2. The molecule has 2 aromatic rings. The number of carbonyl (C=O) groups is 2. The van der Waals surface area contributed by atoms with Gasteiger partial charge >= 0.3 is 0 Å². The Labute approximate surface area is 145 Å². The molecule has 1 saturated heterocycles. The van der Waals surface area contributed by atoms with Crippen molar-refractivity contribution in [2.24, 2.45) is 0 Å². The van der Waals surface area contributed by atoms with Crippen molar-refractivity contribution in [2.75, 3.05) is 6.54 Å². The number of hydrogen-bond acceptors (Lipinski definition) is 4. The quantitative estimate of drug-likeness (QED) is 0.928. The third-order valence-electron chi connectivity index (χ3n) is 4.19. The lowest BCUT2D eigenvalue weighted by atomic mass is 10.00. The van der Waals surface area contributed by atoms with Gasteiger partial charge in [-0.3, -0.25) is 9.59 Å². The van der Waals surface area contributed by atoms with Gasteiger partial charge in [0, 0.05) is 23.2 Å². The van der Waals surface area contributed by atoms with Crippen molar-refractivity contribution in [3.63, 3.8) is 0 Å². The summed E-state index contributed by atoms with van der Waals surface area (Å²) in [5, 5.41) is 3.94. The van der Waals surface area contributed by atoms with Crippen LogP contribution in [-0.2, 0) is 11.3 Å². The average Bonchev–Trinajstić information content (AvgIpc) is 3.05. The fourth-order valence-electron chi connectivity index (χ4n) is 2.97. The first-order valence-corrected chi connectivity index (χ1v) is 9.02. The molecule has 3 rings (SSSR count). The van der Waals surface area contributed by atoms with E-state index in [1.807, 2.05) is 25.1 Å². The lowest BCUT2D eigenvalue weighted by Gasteiger charge is -2.34. The van der Waals surface area contributed by atoms with Gasteiger partial charge in [0.15, 0.2) is 0 Å². The van der Waals surface area contributed by atoms with Crippen LogP contribution in [0.25, 0.3) is 0 Å². The molecule has 126 valence electrons. The van der Waals surface area contributed by atoms with Crippen molar-refractivity contribution in [1.29, 1.82) is 0 Å². The first kappa shape index (κ1) is 16.6. The predicted molar refractivity (Wildman–Crippen MR) is 93.8 cm³/mol. The summed E-state index contributed by atoms with van der Waals surface area (Å²) < 4.78 is 0. The molecule has 5 nitrogen and oxygen atoms in total. The number of piperidine rings is 1.